The number of nitrogens with one attached hydrogen (secondary N) is 2. The molecule has 7 heteroatoms. The number of hydrogen-bond acceptors (Lipinski definition) is 4. The van der Waals surface area contributed by atoms with E-state index in [-0.39, 0.29) is 16.5 Å². The average molecular weight is 376 g/mol. The van der Waals surface area contributed by atoms with E-state index in [1.165, 1.54) is 18.2 Å². The monoisotopic (exact) mass is 376 g/mol. The van der Waals surface area contributed by atoms with Gasteiger partial charge in [-0.15, -0.1) is 0 Å². The van der Waals surface area contributed by atoms with Crippen molar-refractivity contribution in [3.63, 3.8) is 0 Å². The topological polar surface area (TPSA) is 95.5 Å². The van der Waals surface area contributed by atoms with Crippen molar-refractivity contribution in [2.75, 3.05) is 11.9 Å². The van der Waals surface area contributed by atoms with Crippen LogP contribution in [-0.2, 0) is 16.4 Å². The molecule has 0 bridgehead atoms. The molecule has 2 aromatic rings. The number of rotatable bonds is 9. The van der Waals surface area contributed by atoms with Crippen LogP contribution in [0.15, 0.2) is 53.4 Å². The molecule has 0 radical (unpaired) electrons. The summed E-state index contributed by atoms with van der Waals surface area (Å²) in [5.41, 5.74) is 1.45. The maximum Gasteiger partial charge on any atom is 0.335 e. The normalized spacial score (nSPS) is 12.5. The van der Waals surface area contributed by atoms with Crippen molar-refractivity contribution in [1.29, 1.82) is 0 Å². The van der Waals surface area contributed by atoms with Crippen molar-refractivity contribution in [3.8, 4) is 0 Å². The third-order valence-electron chi connectivity index (χ3n) is 4.06. The minimum absolute atomic E-state index is 0.0502. The van der Waals surface area contributed by atoms with Crippen molar-refractivity contribution in [1.82, 2.24) is 4.72 Å². The summed E-state index contributed by atoms with van der Waals surface area (Å²) in [6, 6.07) is 13.7. The summed E-state index contributed by atoms with van der Waals surface area (Å²) in [7, 11) is -3.83. The molecule has 0 unspecified atom stereocenters. The highest BCUT2D eigenvalue weighted by Crippen LogP contribution is 2.23. The molecule has 140 valence electrons. The van der Waals surface area contributed by atoms with Crippen molar-refractivity contribution in [2.24, 2.45) is 0 Å². The first-order chi connectivity index (χ1) is 12.3. The average Bonchev–Trinajstić information content (AvgIpc) is 2.62. The van der Waals surface area contributed by atoms with E-state index in [1.54, 1.807) is 6.92 Å². The van der Waals surface area contributed by atoms with Gasteiger partial charge in [-0.25, -0.2) is 17.9 Å². The quantitative estimate of drug-likeness (QED) is 0.625. The second-order valence-electron chi connectivity index (χ2n) is 6.11. The smallest absolute Gasteiger partial charge is 0.335 e. The standard InChI is InChI=1S/C19H24N2O4S/c1-3-14(2)21-26(24,25)18-13-16(19(22)23)9-10-17(18)20-12-11-15-7-5-4-6-8-15/h4-10,13-14,20-21H,3,11-12H2,1-2H3,(H,22,23)/t14-/m1/s1. The van der Waals surface area contributed by atoms with Gasteiger partial charge < -0.3 is 10.4 Å². The highest BCUT2D eigenvalue weighted by Gasteiger charge is 2.22. The summed E-state index contributed by atoms with van der Waals surface area (Å²) < 4.78 is 27.9. The van der Waals surface area contributed by atoms with E-state index in [2.05, 4.69) is 10.0 Å². The van der Waals surface area contributed by atoms with Gasteiger partial charge in [0, 0.05) is 12.6 Å². The first-order valence-electron chi connectivity index (χ1n) is 8.51. The van der Waals surface area contributed by atoms with Gasteiger partial charge in [-0.2, -0.15) is 0 Å². The molecule has 0 fully saturated rings. The minimum atomic E-state index is -3.83. The molecule has 0 amide bonds. The first-order valence-corrected chi connectivity index (χ1v) is 9.99. The SMILES string of the molecule is CC[C@@H](C)NS(=O)(=O)c1cc(C(=O)O)ccc1NCCc1ccccc1. The predicted molar refractivity (Wildman–Crippen MR) is 102 cm³/mol. The van der Waals surface area contributed by atoms with Crippen molar-refractivity contribution in [2.45, 2.75) is 37.6 Å². The number of hydrogen-bond donors (Lipinski definition) is 3. The Kier molecular flexibility index (Phi) is 6.76. The Morgan fingerprint density at radius 1 is 1.15 bits per heavy atom. The van der Waals surface area contributed by atoms with E-state index in [0.29, 0.717) is 18.7 Å². The summed E-state index contributed by atoms with van der Waals surface area (Å²) >= 11 is 0. The van der Waals surface area contributed by atoms with Crippen LogP contribution < -0.4 is 10.0 Å². The zero-order valence-electron chi connectivity index (χ0n) is 14.9. The molecule has 0 saturated heterocycles. The lowest BCUT2D eigenvalue weighted by atomic mass is 10.1. The van der Waals surface area contributed by atoms with Crippen molar-refractivity contribution < 1.29 is 18.3 Å². The maximum atomic E-state index is 12.7. The van der Waals surface area contributed by atoms with Gasteiger partial charge in [-0.3, -0.25) is 0 Å². The van der Waals surface area contributed by atoms with Crippen LogP contribution in [0.25, 0.3) is 0 Å². The van der Waals surface area contributed by atoms with Crippen LogP contribution in [-0.4, -0.2) is 32.1 Å². The maximum absolute atomic E-state index is 12.7. The van der Waals surface area contributed by atoms with E-state index in [9.17, 15) is 18.3 Å². The first kappa shape index (κ1) is 19.9. The van der Waals surface area contributed by atoms with Crippen molar-refractivity contribution in [3.05, 3.63) is 59.7 Å². The van der Waals surface area contributed by atoms with Gasteiger partial charge in [0.15, 0.2) is 0 Å². The van der Waals surface area contributed by atoms with Gasteiger partial charge in [0.1, 0.15) is 4.90 Å². The summed E-state index contributed by atoms with van der Waals surface area (Å²) in [4.78, 5) is 11.2. The molecule has 0 aliphatic rings. The van der Waals surface area contributed by atoms with Gasteiger partial charge in [0.25, 0.3) is 0 Å². The Balaban J connectivity index is 2.25. The van der Waals surface area contributed by atoms with E-state index < -0.39 is 16.0 Å². The minimum Gasteiger partial charge on any atom is -0.478 e. The number of benzene rings is 2. The van der Waals surface area contributed by atoms with Gasteiger partial charge in [0.05, 0.1) is 11.3 Å². The van der Waals surface area contributed by atoms with E-state index >= 15 is 0 Å². The summed E-state index contributed by atoms with van der Waals surface area (Å²) in [6.07, 6.45) is 1.36. The Morgan fingerprint density at radius 2 is 1.85 bits per heavy atom. The number of aromatic carboxylic acids is 1. The number of anilines is 1. The summed E-state index contributed by atoms with van der Waals surface area (Å²) in [5.74, 6) is -1.17. The molecule has 1 atom stereocenters. The molecule has 0 aliphatic carbocycles. The molecule has 2 aromatic carbocycles. The molecular formula is C19H24N2O4S. The van der Waals surface area contributed by atoms with Crippen LogP contribution in [0, 0.1) is 0 Å². The van der Waals surface area contributed by atoms with Gasteiger partial charge in [-0.05, 0) is 43.5 Å². The molecule has 0 saturated carbocycles. The van der Waals surface area contributed by atoms with E-state index in [4.69, 9.17) is 0 Å². The molecule has 0 heterocycles. The molecule has 0 spiro atoms. The second-order valence-corrected chi connectivity index (χ2v) is 7.79. The molecule has 2 rings (SSSR count). The van der Waals surface area contributed by atoms with Crippen LogP contribution in [0.4, 0.5) is 5.69 Å². The van der Waals surface area contributed by atoms with E-state index in [1.807, 2.05) is 37.3 Å². The molecule has 0 aliphatic heterocycles. The predicted octanol–water partition coefficient (Wildman–Crippen LogP) is 3.12. The Labute approximate surface area is 154 Å². The third kappa shape index (κ3) is 5.31. The van der Waals surface area contributed by atoms with Crippen LogP contribution in [0.5, 0.6) is 0 Å². The van der Waals surface area contributed by atoms with Crippen LogP contribution >= 0.6 is 0 Å². The summed E-state index contributed by atoms with van der Waals surface area (Å²) in [6.45, 7) is 4.17. The van der Waals surface area contributed by atoms with Crippen LogP contribution in [0.3, 0.4) is 0 Å². The zero-order valence-corrected chi connectivity index (χ0v) is 15.7. The highest BCUT2D eigenvalue weighted by atomic mass is 32.2. The Bertz CT molecular complexity index is 851. The zero-order chi connectivity index (χ0) is 19.2. The summed E-state index contributed by atoms with van der Waals surface area (Å²) in [5, 5.41) is 12.3. The fourth-order valence-corrected chi connectivity index (χ4v) is 3.96. The molecule has 0 aromatic heterocycles. The largest absolute Gasteiger partial charge is 0.478 e. The lowest BCUT2D eigenvalue weighted by Crippen LogP contribution is -2.32. The Hall–Kier alpha value is -2.38. The lowest BCUT2D eigenvalue weighted by Gasteiger charge is -2.16. The lowest BCUT2D eigenvalue weighted by molar-refractivity contribution is 0.0696. The number of sulfonamides is 1. The second kappa shape index (κ2) is 8.82. The van der Waals surface area contributed by atoms with Crippen LogP contribution in [0.2, 0.25) is 0 Å². The molecular weight excluding hydrogens is 352 g/mol. The number of carboxylic acids is 1. The number of carbonyl (C=O) groups is 1. The molecule has 26 heavy (non-hydrogen) atoms. The van der Waals surface area contributed by atoms with Gasteiger partial charge in [0.2, 0.25) is 10.0 Å². The molecule has 6 nitrogen and oxygen atoms in total. The Morgan fingerprint density at radius 3 is 2.46 bits per heavy atom. The van der Waals surface area contributed by atoms with Crippen LogP contribution in [0.1, 0.15) is 36.2 Å². The number of carboxylic acid groups (broad SMARTS) is 1. The van der Waals surface area contributed by atoms with E-state index in [0.717, 1.165) is 12.0 Å². The molecule has 3 N–H and O–H groups in total. The fourth-order valence-electron chi connectivity index (χ4n) is 2.42. The van der Waals surface area contributed by atoms with Crippen molar-refractivity contribution >= 4 is 21.7 Å². The highest BCUT2D eigenvalue weighted by molar-refractivity contribution is 7.89. The third-order valence-corrected chi connectivity index (χ3v) is 5.69. The fraction of sp³-hybridized carbons (Fsp3) is 0.316. The van der Waals surface area contributed by atoms with Gasteiger partial charge in [-0.1, -0.05) is 37.3 Å². The van der Waals surface area contributed by atoms with Gasteiger partial charge >= 0.3 is 5.97 Å².